The lowest BCUT2D eigenvalue weighted by Gasteiger charge is -2.17. The highest BCUT2D eigenvalue weighted by Crippen LogP contribution is 2.22. The Hall–Kier alpha value is -1.37. The van der Waals surface area contributed by atoms with Gasteiger partial charge in [-0.05, 0) is 12.1 Å². The molecule has 16 heavy (non-hydrogen) atoms. The van der Waals surface area contributed by atoms with Crippen LogP contribution in [0, 0.1) is 0 Å². The molecule has 2 rings (SSSR count). The average Bonchev–Trinajstić information content (AvgIpc) is 2.30. The van der Waals surface area contributed by atoms with Crippen LogP contribution < -0.4 is 0 Å². The normalized spacial score (nSPS) is 10.8. The molecule has 86 valence electrons. The highest BCUT2D eigenvalue weighted by molar-refractivity contribution is 5.78. The molecule has 1 aromatic carbocycles. The maximum absolute atomic E-state index is 4.65. The summed E-state index contributed by atoms with van der Waals surface area (Å²) in [5.41, 5.74) is 2.36. The molecular formula is C15H21N. The monoisotopic (exact) mass is 215 g/mol. The van der Waals surface area contributed by atoms with Crippen molar-refractivity contribution in [1.82, 2.24) is 4.98 Å². The first-order valence-corrected chi connectivity index (χ1v) is 5.94. The van der Waals surface area contributed by atoms with Crippen LogP contribution in [0.4, 0.5) is 0 Å². The van der Waals surface area contributed by atoms with Gasteiger partial charge < -0.3 is 0 Å². The van der Waals surface area contributed by atoms with E-state index < -0.39 is 0 Å². The minimum absolute atomic E-state index is 0.129. The van der Waals surface area contributed by atoms with E-state index in [1.807, 2.05) is 26.0 Å². The number of benzene rings is 1. The number of hydrogen-bond donors (Lipinski definition) is 0. The van der Waals surface area contributed by atoms with Crippen LogP contribution in [-0.2, 0) is 5.41 Å². The van der Waals surface area contributed by atoms with Crippen LogP contribution in [0.1, 0.15) is 40.3 Å². The SMILES string of the molecule is CC.CC(C)(C)c1ccc2ccccc2n1. The number of aromatic nitrogens is 1. The molecule has 0 fully saturated rings. The van der Waals surface area contributed by atoms with Crippen molar-refractivity contribution in [3.63, 3.8) is 0 Å². The summed E-state index contributed by atoms with van der Waals surface area (Å²) in [7, 11) is 0. The third-order valence-corrected chi connectivity index (χ3v) is 2.37. The Morgan fingerprint density at radius 1 is 0.875 bits per heavy atom. The van der Waals surface area contributed by atoms with E-state index in [1.165, 1.54) is 5.39 Å². The van der Waals surface area contributed by atoms with Gasteiger partial charge in [0.1, 0.15) is 0 Å². The van der Waals surface area contributed by atoms with Crippen molar-refractivity contribution >= 4 is 10.9 Å². The lowest BCUT2D eigenvalue weighted by Crippen LogP contribution is -2.13. The number of nitrogens with zero attached hydrogens (tertiary/aromatic N) is 1. The summed E-state index contributed by atoms with van der Waals surface area (Å²) >= 11 is 0. The fourth-order valence-corrected chi connectivity index (χ4v) is 1.48. The van der Waals surface area contributed by atoms with Gasteiger partial charge in [0.2, 0.25) is 0 Å². The van der Waals surface area contributed by atoms with Gasteiger partial charge in [-0.1, -0.05) is 58.9 Å². The summed E-state index contributed by atoms with van der Waals surface area (Å²) < 4.78 is 0. The molecule has 2 aromatic rings. The molecule has 1 heterocycles. The first kappa shape index (κ1) is 12.7. The van der Waals surface area contributed by atoms with Crippen LogP contribution in [0.15, 0.2) is 36.4 Å². The predicted octanol–water partition coefficient (Wildman–Crippen LogP) is 4.56. The van der Waals surface area contributed by atoms with Crippen LogP contribution in [0.25, 0.3) is 10.9 Å². The Morgan fingerprint density at radius 3 is 2.12 bits per heavy atom. The van der Waals surface area contributed by atoms with Gasteiger partial charge in [-0.15, -0.1) is 0 Å². The second-order valence-electron chi connectivity index (χ2n) is 4.64. The van der Waals surface area contributed by atoms with Crippen molar-refractivity contribution in [3.05, 3.63) is 42.1 Å². The first-order chi connectivity index (χ1) is 7.57. The molecule has 0 bridgehead atoms. The van der Waals surface area contributed by atoms with Gasteiger partial charge in [-0.3, -0.25) is 4.98 Å². The zero-order valence-corrected chi connectivity index (χ0v) is 10.9. The second-order valence-corrected chi connectivity index (χ2v) is 4.64. The number of fused-ring (bicyclic) bond motifs is 1. The third kappa shape index (κ3) is 2.82. The molecule has 0 unspecified atom stereocenters. The molecule has 0 N–H and O–H groups in total. The van der Waals surface area contributed by atoms with E-state index in [0.717, 1.165) is 11.2 Å². The Kier molecular flexibility index (Phi) is 4.05. The fraction of sp³-hybridized carbons (Fsp3) is 0.400. The third-order valence-electron chi connectivity index (χ3n) is 2.37. The zero-order chi connectivity index (χ0) is 12.2. The van der Waals surface area contributed by atoms with Crippen LogP contribution in [0.2, 0.25) is 0 Å². The minimum atomic E-state index is 0.129. The lowest BCUT2D eigenvalue weighted by molar-refractivity contribution is 0.571. The quantitative estimate of drug-likeness (QED) is 0.628. The summed E-state index contributed by atoms with van der Waals surface area (Å²) in [4.78, 5) is 4.65. The molecule has 0 aliphatic carbocycles. The van der Waals surface area contributed by atoms with Crippen LogP contribution in [0.5, 0.6) is 0 Å². The first-order valence-electron chi connectivity index (χ1n) is 5.94. The summed E-state index contributed by atoms with van der Waals surface area (Å²) in [6, 6.07) is 12.5. The molecule has 0 aliphatic heterocycles. The van der Waals surface area contributed by atoms with Crippen molar-refractivity contribution in [2.24, 2.45) is 0 Å². The molecule has 0 saturated carbocycles. The number of hydrogen-bond acceptors (Lipinski definition) is 1. The summed E-state index contributed by atoms with van der Waals surface area (Å²) in [5, 5.41) is 1.21. The smallest absolute Gasteiger partial charge is 0.0705 e. The topological polar surface area (TPSA) is 12.9 Å². The van der Waals surface area contributed by atoms with Crippen molar-refractivity contribution < 1.29 is 0 Å². The molecular weight excluding hydrogens is 194 g/mol. The molecule has 1 aromatic heterocycles. The fourth-order valence-electron chi connectivity index (χ4n) is 1.48. The summed E-state index contributed by atoms with van der Waals surface area (Å²) in [6.45, 7) is 10.6. The van der Waals surface area contributed by atoms with E-state index in [2.05, 4.69) is 50.0 Å². The van der Waals surface area contributed by atoms with Gasteiger partial charge in [-0.25, -0.2) is 0 Å². The predicted molar refractivity (Wildman–Crippen MR) is 71.8 cm³/mol. The Bertz CT molecular complexity index is 452. The Labute approximate surface area is 98.5 Å². The standard InChI is InChI=1S/C13H15N.C2H6/c1-13(2,3)12-9-8-10-6-4-5-7-11(10)14-12;1-2/h4-9H,1-3H3;1-2H3. The van der Waals surface area contributed by atoms with Crippen LogP contribution in [-0.4, -0.2) is 4.98 Å². The van der Waals surface area contributed by atoms with Gasteiger partial charge in [0.15, 0.2) is 0 Å². The van der Waals surface area contributed by atoms with E-state index in [0.29, 0.717) is 0 Å². The van der Waals surface area contributed by atoms with Crippen LogP contribution in [0.3, 0.4) is 0 Å². The molecule has 1 nitrogen and oxygen atoms in total. The Morgan fingerprint density at radius 2 is 1.50 bits per heavy atom. The van der Waals surface area contributed by atoms with E-state index in [1.54, 1.807) is 0 Å². The lowest BCUT2D eigenvalue weighted by atomic mass is 9.91. The maximum atomic E-state index is 4.65. The van der Waals surface area contributed by atoms with Crippen molar-refractivity contribution in [2.75, 3.05) is 0 Å². The van der Waals surface area contributed by atoms with E-state index >= 15 is 0 Å². The second kappa shape index (κ2) is 5.11. The number of pyridine rings is 1. The highest BCUT2D eigenvalue weighted by atomic mass is 14.7. The van der Waals surface area contributed by atoms with Crippen molar-refractivity contribution in [2.45, 2.75) is 40.0 Å². The summed E-state index contributed by atoms with van der Waals surface area (Å²) in [6.07, 6.45) is 0. The van der Waals surface area contributed by atoms with E-state index in [4.69, 9.17) is 0 Å². The van der Waals surface area contributed by atoms with Gasteiger partial charge in [-0.2, -0.15) is 0 Å². The van der Waals surface area contributed by atoms with E-state index in [-0.39, 0.29) is 5.41 Å². The number of para-hydroxylation sites is 1. The molecule has 0 radical (unpaired) electrons. The number of rotatable bonds is 0. The van der Waals surface area contributed by atoms with Crippen molar-refractivity contribution in [1.29, 1.82) is 0 Å². The maximum Gasteiger partial charge on any atom is 0.0705 e. The van der Waals surface area contributed by atoms with Crippen molar-refractivity contribution in [3.8, 4) is 0 Å². The van der Waals surface area contributed by atoms with Crippen LogP contribution >= 0.6 is 0 Å². The minimum Gasteiger partial charge on any atom is -0.252 e. The summed E-state index contributed by atoms with van der Waals surface area (Å²) in [5.74, 6) is 0. The van der Waals surface area contributed by atoms with Gasteiger partial charge in [0.05, 0.1) is 5.52 Å². The molecule has 0 saturated heterocycles. The highest BCUT2D eigenvalue weighted by Gasteiger charge is 2.14. The molecule has 0 spiro atoms. The average molecular weight is 215 g/mol. The van der Waals surface area contributed by atoms with Gasteiger partial charge in [0.25, 0.3) is 0 Å². The zero-order valence-electron chi connectivity index (χ0n) is 10.9. The molecule has 0 amide bonds. The largest absolute Gasteiger partial charge is 0.252 e. The van der Waals surface area contributed by atoms with Gasteiger partial charge in [0, 0.05) is 16.5 Å². The molecule has 0 atom stereocenters. The van der Waals surface area contributed by atoms with E-state index in [9.17, 15) is 0 Å². The molecule has 1 heteroatoms. The van der Waals surface area contributed by atoms with Gasteiger partial charge >= 0.3 is 0 Å². The molecule has 0 aliphatic rings. The Balaban J connectivity index is 0.000000606.